The van der Waals surface area contributed by atoms with Gasteiger partial charge in [-0.3, -0.25) is 9.89 Å². The maximum absolute atomic E-state index is 13.4. The largest absolute Gasteiger partial charge is 0.361 e. The van der Waals surface area contributed by atoms with Gasteiger partial charge in [0.05, 0.1) is 24.0 Å². The van der Waals surface area contributed by atoms with Gasteiger partial charge in [-0.05, 0) is 29.1 Å². The molecule has 5 nitrogen and oxygen atoms in total. The van der Waals surface area contributed by atoms with E-state index in [0.717, 1.165) is 27.4 Å². The van der Waals surface area contributed by atoms with Gasteiger partial charge >= 0.3 is 0 Å². The first-order chi connectivity index (χ1) is 13.8. The smallest absolute Gasteiger partial charge is 0.258 e. The van der Waals surface area contributed by atoms with Crippen LogP contribution in [0.2, 0.25) is 0 Å². The van der Waals surface area contributed by atoms with Crippen molar-refractivity contribution in [1.29, 1.82) is 0 Å². The summed E-state index contributed by atoms with van der Waals surface area (Å²) in [6, 6.07) is 21.8. The fraction of sp³-hybridized carbons (Fsp3) is 0.0909. The maximum Gasteiger partial charge on any atom is 0.258 e. The van der Waals surface area contributed by atoms with E-state index >= 15 is 0 Å². The molecule has 2 aromatic carbocycles. The van der Waals surface area contributed by atoms with Crippen LogP contribution in [0.1, 0.15) is 27.0 Å². The van der Waals surface area contributed by atoms with Crippen LogP contribution in [0.25, 0.3) is 11.3 Å². The SMILES string of the molecule is O=C1c2ccccc2NC(c2cn[nH]c2-c2ccccc2)N1Cc1cccs1. The molecule has 5 rings (SSSR count). The molecule has 1 atom stereocenters. The van der Waals surface area contributed by atoms with Crippen molar-refractivity contribution in [3.63, 3.8) is 0 Å². The number of carbonyl (C=O) groups excluding carboxylic acids is 1. The average molecular weight is 386 g/mol. The molecule has 0 saturated heterocycles. The third-order valence-electron chi connectivity index (χ3n) is 4.95. The first-order valence-corrected chi connectivity index (χ1v) is 9.97. The van der Waals surface area contributed by atoms with Gasteiger partial charge in [0.1, 0.15) is 6.17 Å². The first kappa shape index (κ1) is 16.8. The predicted molar refractivity (Wildman–Crippen MR) is 111 cm³/mol. The number of amides is 1. The molecule has 4 aromatic rings. The number of thiophene rings is 1. The number of benzene rings is 2. The van der Waals surface area contributed by atoms with Crippen molar-refractivity contribution in [1.82, 2.24) is 15.1 Å². The molecular weight excluding hydrogens is 368 g/mol. The highest BCUT2D eigenvalue weighted by Gasteiger charge is 2.35. The highest BCUT2D eigenvalue weighted by atomic mass is 32.1. The van der Waals surface area contributed by atoms with Crippen molar-refractivity contribution in [2.75, 3.05) is 5.32 Å². The molecule has 2 aromatic heterocycles. The molecule has 2 N–H and O–H groups in total. The molecule has 28 heavy (non-hydrogen) atoms. The number of aromatic nitrogens is 2. The van der Waals surface area contributed by atoms with Gasteiger partial charge in [0.2, 0.25) is 0 Å². The van der Waals surface area contributed by atoms with Gasteiger partial charge in [-0.1, -0.05) is 48.5 Å². The zero-order valence-electron chi connectivity index (χ0n) is 15.0. The van der Waals surface area contributed by atoms with E-state index in [4.69, 9.17) is 0 Å². The Hall–Kier alpha value is -3.38. The Morgan fingerprint density at radius 3 is 2.64 bits per heavy atom. The second kappa shape index (κ2) is 6.98. The summed E-state index contributed by atoms with van der Waals surface area (Å²) in [4.78, 5) is 16.4. The molecule has 0 aliphatic carbocycles. The van der Waals surface area contributed by atoms with Crippen LogP contribution in [0, 0.1) is 0 Å². The van der Waals surface area contributed by atoms with Crippen LogP contribution < -0.4 is 5.32 Å². The minimum Gasteiger partial charge on any atom is -0.361 e. The molecule has 138 valence electrons. The molecule has 1 aliphatic heterocycles. The minimum absolute atomic E-state index is 0.0213. The highest BCUT2D eigenvalue weighted by molar-refractivity contribution is 7.09. The second-order valence-electron chi connectivity index (χ2n) is 6.67. The summed E-state index contributed by atoms with van der Waals surface area (Å²) in [6.45, 7) is 0.544. The van der Waals surface area contributed by atoms with Crippen LogP contribution in [0.4, 0.5) is 5.69 Å². The van der Waals surface area contributed by atoms with Gasteiger partial charge in [-0.15, -0.1) is 11.3 Å². The van der Waals surface area contributed by atoms with E-state index in [-0.39, 0.29) is 12.1 Å². The molecule has 0 fully saturated rings. The van der Waals surface area contributed by atoms with E-state index in [1.807, 2.05) is 77.1 Å². The van der Waals surface area contributed by atoms with E-state index in [1.54, 1.807) is 11.3 Å². The fourth-order valence-electron chi connectivity index (χ4n) is 3.61. The zero-order chi connectivity index (χ0) is 18.9. The average Bonchev–Trinajstić information content (AvgIpc) is 3.43. The standard InChI is InChI=1S/C22H18N4OS/c27-22-17-10-4-5-11-19(17)24-21(26(22)14-16-9-6-12-28-16)18-13-23-25-20(18)15-7-2-1-3-8-15/h1-13,21,24H,14H2,(H,23,25). The van der Waals surface area contributed by atoms with Crippen LogP contribution in [0.15, 0.2) is 78.3 Å². The number of nitrogens with zero attached hydrogens (tertiary/aromatic N) is 2. The molecule has 1 unspecified atom stereocenters. The van der Waals surface area contributed by atoms with Crippen LogP contribution in [-0.4, -0.2) is 21.0 Å². The lowest BCUT2D eigenvalue weighted by Gasteiger charge is -2.37. The lowest BCUT2D eigenvalue weighted by Crippen LogP contribution is -2.42. The third-order valence-corrected chi connectivity index (χ3v) is 5.82. The maximum atomic E-state index is 13.4. The Balaban J connectivity index is 1.61. The number of H-pyrrole nitrogens is 1. The van der Waals surface area contributed by atoms with E-state index in [0.29, 0.717) is 12.1 Å². The molecule has 0 spiro atoms. The molecule has 1 aliphatic rings. The quantitative estimate of drug-likeness (QED) is 0.524. The predicted octanol–water partition coefficient (Wildman–Crippen LogP) is 4.90. The third kappa shape index (κ3) is 2.88. The number of rotatable bonds is 4. The second-order valence-corrected chi connectivity index (χ2v) is 7.70. The van der Waals surface area contributed by atoms with E-state index < -0.39 is 0 Å². The number of hydrogen-bond donors (Lipinski definition) is 2. The van der Waals surface area contributed by atoms with Crippen LogP contribution in [0.3, 0.4) is 0 Å². The summed E-state index contributed by atoms with van der Waals surface area (Å²) in [7, 11) is 0. The number of para-hydroxylation sites is 1. The topological polar surface area (TPSA) is 61.0 Å². The van der Waals surface area contributed by atoms with Crippen molar-refractivity contribution < 1.29 is 4.79 Å². The van der Waals surface area contributed by atoms with Gasteiger partial charge < -0.3 is 10.2 Å². The van der Waals surface area contributed by atoms with Crippen LogP contribution in [-0.2, 0) is 6.54 Å². The number of carbonyl (C=O) groups is 1. The minimum atomic E-state index is -0.307. The van der Waals surface area contributed by atoms with Crippen molar-refractivity contribution >= 4 is 22.9 Å². The number of nitrogens with one attached hydrogen (secondary N) is 2. The Bertz CT molecular complexity index is 1100. The van der Waals surface area contributed by atoms with E-state index in [2.05, 4.69) is 21.6 Å². The number of fused-ring (bicyclic) bond motifs is 1. The van der Waals surface area contributed by atoms with E-state index in [9.17, 15) is 4.79 Å². The molecule has 1 amide bonds. The molecule has 0 radical (unpaired) electrons. The number of aromatic amines is 1. The summed E-state index contributed by atoms with van der Waals surface area (Å²) >= 11 is 1.65. The summed E-state index contributed by atoms with van der Waals surface area (Å²) in [6.07, 6.45) is 1.50. The summed E-state index contributed by atoms with van der Waals surface area (Å²) < 4.78 is 0. The van der Waals surface area contributed by atoms with Gasteiger partial charge in [0.15, 0.2) is 0 Å². The highest BCUT2D eigenvalue weighted by Crippen LogP contribution is 2.37. The Morgan fingerprint density at radius 2 is 1.82 bits per heavy atom. The summed E-state index contributed by atoms with van der Waals surface area (Å²) in [5, 5.41) is 13.0. The molecule has 0 bridgehead atoms. The Morgan fingerprint density at radius 1 is 1.00 bits per heavy atom. The lowest BCUT2D eigenvalue weighted by molar-refractivity contribution is 0.0669. The van der Waals surface area contributed by atoms with Crippen molar-refractivity contribution in [2.24, 2.45) is 0 Å². The van der Waals surface area contributed by atoms with Gasteiger partial charge in [0.25, 0.3) is 5.91 Å². The molecule has 3 heterocycles. The van der Waals surface area contributed by atoms with Gasteiger partial charge in [-0.2, -0.15) is 5.10 Å². The van der Waals surface area contributed by atoms with E-state index in [1.165, 1.54) is 0 Å². The zero-order valence-corrected chi connectivity index (χ0v) is 15.8. The Labute approximate surface area is 166 Å². The normalized spacial score (nSPS) is 15.9. The summed E-state index contributed by atoms with van der Waals surface area (Å²) in [5.74, 6) is 0.0213. The molecular formula is C22H18N4OS. The van der Waals surface area contributed by atoms with Crippen LogP contribution >= 0.6 is 11.3 Å². The Kier molecular flexibility index (Phi) is 4.18. The van der Waals surface area contributed by atoms with Crippen molar-refractivity contribution in [3.8, 4) is 11.3 Å². The van der Waals surface area contributed by atoms with Gasteiger partial charge in [-0.25, -0.2) is 0 Å². The van der Waals surface area contributed by atoms with Crippen LogP contribution in [0.5, 0.6) is 0 Å². The lowest BCUT2D eigenvalue weighted by atomic mass is 10.0. The number of anilines is 1. The first-order valence-electron chi connectivity index (χ1n) is 9.09. The van der Waals surface area contributed by atoms with Crippen molar-refractivity contribution in [2.45, 2.75) is 12.7 Å². The summed E-state index contributed by atoms with van der Waals surface area (Å²) in [5.41, 5.74) is 4.45. The van der Waals surface area contributed by atoms with Gasteiger partial charge in [0, 0.05) is 16.1 Å². The number of hydrogen-bond acceptors (Lipinski definition) is 4. The van der Waals surface area contributed by atoms with Crippen molar-refractivity contribution in [3.05, 3.63) is 94.3 Å². The fourth-order valence-corrected chi connectivity index (χ4v) is 4.31. The molecule has 6 heteroatoms. The monoisotopic (exact) mass is 386 g/mol. The molecule has 0 saturated carbocycles.